The van der Waals surface area contributed by atoms with Crippen molar-refractivity contribution in [3.63, 3.8) is 0 Å². The molecule has 104 valence electrons. The summed E-state index contributed by atoms with van der Waals surface area (Å²) in [5, 5.41) is 5.77. The van der Waals surface area contributed by atoms with E-state index in [2.05, 4.69) is 10.6 Å². The molecule has 0 saturated heterocycles. The SMILES string of the molecule is Cc1ccc(NC(=O)NCC2CCCC(N)C2)cc1. The summed E-state index contributed by atoms with van der Waals surface area (Å²) < 4.78 is 0. The largest absolute Gasteiger partial charge is 0.338 e. The Balaban J connectivity index is 1.73. The van der Waals surface area contributed by atoms with Gasteiger partial charge in [-0.25, -0.2) is 4.79 Å². The van der Waals surface area contributed by atoms with Crippen molar-refractivity contribution in [2.75, 3.05) is 11.9 Å². The van der Waals surface area contributed by atoms with Gasteiger partial charge in [0.25, 0.3) is 0 Å². The fourth-order valence-corrected chi connectivity index (χ4v) is 2.57. The Bertz CT molecular complexity index is 416. The Morgan fingerprint density at radius 1 is 1.32 bits per heavy atom. The van der Waals surface area contributed by atoms with Gasteiger partial charge in [0.1, 0.15) is 0 Å². The van der Waals surface area contributed by atoms with Gasteiger partial charge in [0.15, 0.2) is 0 Å². The van der Waals surface area contributed by atoms with E-state index in [1.54, 1.807) is 0 Å². The first-order valence-electron chi connectivity index (χ1n) is 7.00. The number of aryl methyl sites for hydroxylation is 1. The van der Waals surface area contributed by atoms with E-state index in [1.165, 1.54) is 18.4 Å². The van der Waals surface area contributed by atoms with Crippen LogP contribution in [0.15, 0.2) is 24.3 Å². The molecule has 0 aromatic heterocycles. The second-order valence-electron chi connectivity index (χ2n) is 5.49. The molecule has 0 spiro atoms. The molecule has 2 unspecified atom stereocenters. The predicted octanol–water partition coefficient (Wildman–Crippen LogP) is 2.63. The summed E-state index contributed by atoms with van der Waals surface area (Å²) in [7, 11) is 0. The molecule has 1 aromatic rings. The number of urea groups is 1. The van der Waals surface area contributed by atoms with E-state index < -0.39 is 0 Å². The van der Waals surface area contributed by atoms with Gasteiger partial charge in [-0.2, -0.15) is 0 Å². The zero-order valence-electron chi connectivity index (χ0n) is 11.5. The van der Waals surface area contributed by atoms with Gasteiger partial charge in [0.05, 0.1) is 0 Å². The monoisotopic (exact) mass is 261 g/mol. The van der Waals surface area contributed by atoms with Crippen LogP contribution in [0.25, 0.3) is 0 Å². The van der Waals surface area contributed by atoms with Crippen molar-refractivity contribution in [1.29, 1.82) is 0 Å². The number of amides is 2. The van der Waals surface area contributed by atoms with Crippen molar-refractivity contribution < 1.29 is 4.79 Å². The molecule has 0 bridgehead atoms. The molecule has 2 rings (SSSR count). The molecule has 4 nitrogen and oxygen atoms in total. The molecule has 19 heavy (non-hydrogen) atoms. The first-order valence-corrected chi connectivity index (χ1v) is 7.00. The van der Waals surface area contributed by atoms with Crippen LogP contribution in [0.3, 0.4) is 0 Å². The van der Waals surface area contributed by atoms with Crippen molar-refractivity contribution in [1.82, 2.24) is 5.32 Å². The maximum atomic E-state index is 11.8. The smallest absolute Gasteiger partial charge is 0.319 e. The summed E-state index contributed by atoms with van der Waals surface area (Å²) in [6.07, 6.45) is 4.47. The number of nitrogens with one attached hydrogen (secondary N) is 2. The summed E-state index contributed by atoms with van der Waals surface area (Å²) in [5.74, 6) is 0.521. The summed E-state index contributed by atoms with van der Waals surface area (Å²) in [4.78, 5) is 11.8. The molecule has 4 N–H and O–H groups in total. The lowest BCUT2D eigenvalue weighted by Crippen LogP contribution is -2.37. The van der Waals surface area contributed by atoms with E-state index in [9.17, 15) is 4.79 Å². The fourth-order valence-electron chi connectivity index (χ4n) is 2.57. The number of nitrogens with two attached hydrogens (primary N) is 1. The number of hydrogen-bond donors (Lipinski definition) is 3. The number of anilines is 1. The molecule has 1 saturated carbocycles. The zero-order chi connectivity index (χ0) is 13.7. The zero-order valence-corrected chi connectivity index (χ0v) is 11.5. The second-order valence-corrected chi connectivity index (χ2v) is 5.49. The highest BCUT2D eigenvalue weighted by Gasteiger charge is 2.19. The third-order valence-corrected chi connectivity index (χ3v) is 3.68. The summed E-state index contributed by atoms with van der Waals surface area (Å²) in [6.45, 7) is 2.74. The van der Waals surface area contributed by atoms with E-state index in [0.29, 0.717) is 18.5 Å². The van der Waals surface area contributed by atoms with E-state index >= 15 is 0 Å². The maximum absolute atomic E-state index is 11.8. The van der Waals surface area contributed by atoms with Crippen LogP contribution in [0.4, 0.5) is 10.5 Å². The van der Waals surface area contributed by atoms with Gasteiger partial charge in [-0.3, -0.25) is 0 Å². The fraction of sp³-hybridized carbons (Fsp3) is 0.533. The van der Waals surface area contributed by atoms with Crippen LogP contribution in [-0.4, -0.2) is 18.6 Å². The Labute approximate surface area is 114 Å². The number of rotatable bonds is 3. The number of hydrogen-bond acceptors (Lipinski definition) is 2. The van der Waals surface area contributed by atoms with Gasteiger partial charge in [0.2, 0.25) is 0 Å². The van der Waals surface area contributed by atoms with E-state index in [4.69, 9.17) is 5.73 Å². The lowest BCUT2D eigenvalue weighted by molar-refractivity contribution is 0.245. The average Bonchev–Trinajstić information content (AvgIpc) is 2.39. The maximum Gasteiger partial charge on any atom is 0.319 e. The third-order valence-electron chi connectivity index (χ3n) is 3.68. The van der Waals surface area contributed by atoms with Crippen LogP contribution in [0.5, 0.6) is 0 Å². The van der Waals surface area contributed by atoms with E-state index in [0.717, 1.165) is 18.5 Å². The molecule has 0 radical (unpaired) electrons. The Kier molecular flexibility index (Phi) is 4.80. The molecule has 2 amide bonds. The van der Waals surface area contributed by atoms with Crippen LogP contribution in [0.1, 0.15) is 31.2 Å². The molecule has 1 aliphatic carbocycles. The molecular formula is C15H23N3O. The standard InChI is InChI=1S/C15H23N3O/c1-11-5-7-14(8-6-11)18-15(19)17-10-12-3-2-4-13(16)9-12/h5-8,12-13H,2-4,9-10,16H2,1H3,(H2,17,18,19). The van der Waals surface area contributed by atoms with Crippen molar-refractivity contribution in [2.45, 2.75) is 38.6 Å². The number of carbonyl (C=O) groups is 1. The highest BCUT2D eigenvalue weighted by Crippen LogP contribution is 2.22. The minimum atomic E-state index is -0.136. The van der Waals surface area contributed by atoms with Gasteiger partial charge in [-0.15, -0.1) is 0 Å². The van der Waals surface area contributed by atoms with Gasteiger partial charge in [0, 0.05) is 18.3 Å². The lowest BCUT2D eigenvalue weighted by atomic mass is 9.86. The highest BCUT2D eigenvalue weighted by atomic mass is 16.2. The lowest BCUT2D eigenvalue weighted by Gasteiger charge is -2.26. The van der Waals surface area contributed by atoms with Crippen molar-refractivity contribution in [3.8, 4) is 0 Å². The minimum Gasteiger partial charge on any atom is -0.338 e. The molecule has 1 aromatic carbocycles. The normalized spacial score (nSPS) is 22.8. The van der Waals surface area contributed by atoms with Crippen LogP contribution < -0.4 is 16.4 Å². The molecular weight excluding hydrogens is 238 g/mol. The first kappa shape index (κ1) is 13.9. The van der Waals surface area contributed by atoms with Crippen LogP contribution in [-0.2, 0) is 0 Å². The average molecular weight is 261 g/mol. The van der Waals surface area contributed by atoms with Gasteiger partial charge < -0.3 is 16.4 Å². The van der Waals surface area contributed by atoms with Crippen LogP contribution >= 0.6 is 0 Å². The third kappa shape index (κ3) is 4.56. The second kappa shape index (κ2) is 6.57. The molecule has 4 heteroatoms. The summed E-state index contributed by atoms with van der Waals surface area (Å²) >= 11 is 0. The quantitative estimate of drug-likeness (QED) is 0.783. The topological polar surface area (TPSA) is 67.2 Å². The highest BCUT2D eigenvalue weighted by molar-refractivity contribution is 5.89. The van der Waals surface area contributed by atoms with Crippen molar-refractivity contribution >= 4 is 11.7 Å². The number of benzene rings is 1. The molecule has 2 atom stereocenters. The Morgan fingerprint density at radius 2 is 2.05 bits per heavy atom. The molecule has 1 fully saturated rings. The van der Waals surface area contributed by atoms with E-state index in [1.807, 2.05) is 31.2 Å². The number of carbonyl (C=O) groups excluding carboxylic acids is 1. The summed E-state index contributed by atoms with van der Waals surface area (Å²) in [6, 6.07) is 7.95. The summed E-state index contributed by atoms with van der Waals surface area (Å²) in [5.41, 5.74) is 7.95. The first-order chi connectivity index (χ1) is 9.13. The molecule has 0 aliphatic heterocycles. The molecule has 1 aliphatic rings. The predicted molar refractivity (Wildman–Crippen MR) is 78.1 cm³/mol. The Hall–Kier alpha value is -1.55. The molecule has 0 heterocycles. The van der Waals surface area contributed by atoms with Gasteiger partial charge >= 0.3 is 6.03 Å². The van der Waals surface area contributed by atoms with Crippen molar-refractivity contribution in [2.24, 2.45) is 11.7 Å². The van der Waals surface area contributed by atoms with Gasteiger partial charge in [-0.05, 0) is 44.2 Å². The van der Waals surface area contributed by atoms with Crippen molar-refractivity contribution in [3.05, 3.63) is 29.8 Å². The minimum absolute atomic E-state index is 0.136. The van der Waals surface area contributed by atoms with E-state index in [-0.39, 0.29) is 6.03 Å². The van der Waals surface area contributed by atoms with Gasteiger partial charge in [-0.1, -0.05) is 24.1 Å². The Morgan fingerprint density at radius 3 is 2.74 bits per heavy atom. The van der Waals surface area contributed by atoms with Crippen LogP contribution in [0.2, 0.25) is 0 Å². The van der Waals surface area contributed by atoms with Crippen LogP contribution in [0, 0.1) is 12.8 Å².